The molecule has 0 saturated heterocycles. The normalized spacial score (nSPS) is 13.3. The van der Waals surface area contributed by atoms with E-state index in [0.29, 0.717) is 23.6 Å². The van der Waals surface area contributed by atoms with Gasteiger partial charge in [-0.15, -0.1) is 10.2 Å². The third kappa shape index (κ3) is 2.24. The molecule has 2 aromatic rings. The van der Waals surface area contributed by atoms with Gasteiger partial charge in [-0.05, 0) is 13.3 Å². The van der Waals surface area contributed by atoms with Gasteiger partial charge in [-0.2, -0.15) is 0 Å². The van der Waals surface area contributed by atoms with Gasteiger partial charge in [0, 0.05) is 12.5 Å². The summed E-state index contributed by atoms with van der Waals surface area (Å²) in [6.45, 7) is 1.75. The van der Waals surface area contributed by atoms with E-state index in [1.807, 2.05) is 0 Å². The Morgan fingerprint density at radius 3 is 3.07 bits per heavy atom. The van der Waals surface area contributed by atoms with Crippen molar-refractivity contribution in [3.63, 3.8) is 0 Å². The van der Waals surface area contributed by atoms with Crippen LogP contribution in [0.5, 0.6) is 0 Å². The second-order valence-electron chi connectivity index (χ2n) is 3.44. The van der Waals surface area contributed by atoms with Crippen LogP contribution in [-0.4, -0.2) is 30.8 Å². The predicted molar refractivity (Wildman–Crippen MR) is 55.8 cm³/mol. The molecule has 1 N–H and O–H groups in total. The average molecular weight is 227 g/mol. The largest absolute Gasteiger partial charge is 0.393 e. The number of nitrogens with zero attached hydrogens (tertiary/aromatic N) is 4. The topological polar surface area (TPSA) is 63.3 Å². The number of aliphatic hydroxyl groups is 1. The molecular weight excluding hydrogens is 216 g/mol. The summed E-state index contributed by atoms with van der Waals surface area (Å²) in [7, 11) is 0. The Bertz CT molecular complexity index is 468. The summed E-state index contributed by atoms with van der Waals surface area (Å²) in [5, 5.41) is 17.5. The van der Waals surface area contributed by atoms with Crippen LogP contribution in [0, 0.1) is 0 Å². The minimum atomic E-state index is -0.336. The first-order valence-electron chi connectivity index (χ1n) is 4.70. The van der Waals surface area contributed by atoms with Gasteiger partial charge in [-0.25, -0.2) is 4.98 Å². The number of halogens is 1. The molecule has 0 amide bonds. The maximum Gasteiger partial charge on any atom is 0.165 e. The van der Waals surface area contributed by atoms with Gasteiger partial charge in [0.15, 0.2) is 5.65 Å². The van der Waals surface area contributed by atoms with Crippen molar-refractivity contribution in [3.05, 3.63) is 23.4 Å². The Balaban J connectivity index is 2.29. The molecule has 0 aliphatic carbocycles. The Hall–Kier alpha value is -1.20. The molecule has 2 rings (SSSR count). The average Bonchev–Trinajstić information content (AvgIpc) is 2.57. The van der Waals surface area contributed by atoms with Gasteiger partial charge in [-0.3, -0.25) is 4.40 Å². The lowest BCUT2D eigenvalue weighted by atomic mass is 10.2. The number of hydrogen-bond donors (Lipinski definition) is 1. The molecule has 0 aliphatic heterocycles. The van der Waals surface area contributed by atoms with Crippen LogP contribution in [0.3, 0.4) is 0 Å². The molecular formula is C9H11ClN4O. The molecule has 5 nitrogen and oxygen atoms in total. The van der Waals surface area contributed by atoms with E-state index < -0.39 is 0 Å². The van der Waals surface area contributed by atoms with Crippen LogP contribution in [0.2, 0.25) is 5.15 Å². The van der Waals surface area contributed by atoms with Crippen LogP contribution in [0.15, 0.2) is 12.4 Å². The zero-order valence-corrected chi connectivity index (χ0v) is 9.02. The van der Waals surface area contributed by atoms with Crippen molar-refractivity contribution in [2.45, 2.75) is 25.9 Å². The molecule has 0 saturated carbocycles. The fourth-order valence-electron chi connectivity index (χ4n) is 1.33. The first kappa shape index (κ1) is 10.3. The summed E-state index contributed by atoms with van der Waals surface area (Å²) in [4.78, 5) is 3.95. The van der Waals surface area contributed by atoms with Crippen molar-refractivity contribution < 1.29 is 5.11 Å². The SMILES string of the molecule is CC(O)CCc1nnc2cc(Cl)ncn12. The molecule has 0 radical (unpaired) electrons. The molecule has 80 valence electrons. The summed E-state index contributed by atoms with van der Waals surface area (Å²) in [5.41, 5.74) is 0.676. The Morgan fingerprint density at radius 2 is 2.33 bits per heavy atom. The van der Waals surface area contributed by atoms with Gasteiger partial charge in [0.1, 0.15) is 17.3 Å². The first-order chi connectivity index (χ1) is 7.16. The van der Waals surface area contributed by atoms with Gasteiger partial charge in [-0.1, -0.05) is 11.6 Å². The second-order valence-corrected chi connectivity index (χ2v) is 3.83. The molecule has 6 heteroatoms. The van der Waals surface area contributed by atoms with E-state index in [4.69, 9.17) is 11.6 Å². The quantitative estimate of drug-likeness (QED) is 0.796. The molecule has 0 spiro atoms. The van der Waals surface area contributed by atoms with Gasteiger partial charge < -0.3 is 5.11 Å². The van der Waals surface area contributed by atoms with Crippen LogP contribution in [-0.2, 0) is 6.42 Å². The number of rotatable bonds is 3. The molecule has 15 heavy (non-hydrogen) atoms. The van der Waals surface area contributed by atoms with E-state index in [1.54, 1.807) is 23.7 Å². The van der Waals surface area contributed by atoms with Gasteiger partial charge >= 0.3 is 0 Å². The van der Waals surface area contributed by atoms with Crippen molar-refractivity contribution in [1.82, 2.24) is 19.6 Å². The molecule has 2 aromatic heterocycles. The lowest BCUT2D eigenvalue weighted by molar-refractivity contribution is 0.184. The smallest absolute Gasteiger partial charge is 0.165 e. The van der Waals surface area contributed by atoms with Gasteiger partial charge in [0.25, 0.3) is 0 Å². The van der Waals surface area contributed by atoms with Crippen LogP contribution >= 0.6 is 11.6 Å². The monoisotopic (exact) mass is 226 g/mol. The highest BCUT2D eigenvalue weighted by Crippen LogP contribution is 2.10. The Labute approximate surface area is 91.7 Å². The predicted octanol–water partition coefficient (Wildman–Crippen LogP) is 1.09. The molecule has 0 aliphatic rings. The number of aryl methyl sites for hydroxylation is 1. The van der Waals surface area contributed by atoms with Gasteiger partial charge in [0.2, 0.25) is 0 Å². The minimum Gasteiger partial charge on any atom is -0.393 e. The third-order valence-electron chi connectivity index (χ3n) is 2.12. The molecule has 1 unspecified atom stereocenters. The molecule has 2 heterocycles. The van der Waals surface area contributed by atoms with Crippen molar-refractivity contribution in [2.24, 2.45) is 0 Å². The maximum atomic E-state index is 9.17. The standard InChI is InChI=1S/C9H11ClN4O/c1-6(15)2-3-8-12-13-9-4-7(10)11-5-14(8)9/h4-6,15H,2-3H2,1H3. The fourth-order valence-corrected chi connectivity index (χ4v) is 1.47. The summed E-state index contributed by atoms with van der Waals surface area (Å²) in [6, 6.07) is 1.65. The zero-order valence-electron chi connectivity index (χ0n) is 8.26. The van der Waals surface area contributed by atoms with Crippen molar-refractivity contribution in [1.29, 1.82) is 0 Å². The number of aliphatic hydroxyl groups excluding tert-OH is 1. The lowest BCUT2D eigenvalue weighted by Gasteiger charge is -2.01. The first-order valence-corrected chi connectivity index (χ1v) is 5.08. The summed E-state index contributed by atoms with van der Waals surface area (Å²) < 4.78 is 1.77. The molecule has 0 bridgehead atoms. The van der Waals surface area contributed by atoms with E-state index in [1.165, 1.54) is 0 Å². The summed E-state index contributed by atoms with van der Waals surface area (Å²) in [6.07, 6.45) is 2.58. The number of fused-ring (bicyclic) bond motifs is 1. The molecule has 1 atom stereocenters. The highest BCUT2D eigenvalue weighted by Gasteiger charge is 2.07. The zero-order chi connectivity index (χ0) is 10.8. The third-order valence-corrected chi connectivity index (χ3v) is 2.33. The van der Waals surface area contributed by atoms with Crippen molar-refractivity contribution in [2.75, 3.05) is 0 Å². The van der Waals surface area contributed by atoms with E-state index in [2.05, 4.69) is 15.2 Å². The maximum absolute atomic E-state index is 9.17. The minimum absolute atomic E-state index is 0.336. The van der Waals surface area contributed by atoms with Crippen LogP contribution < -0.4 is 0 Å². The van der Waals surface area contributed by atoms with Crippen molar-refractivity contribution in [3.8, 4) is 0 Å². The Morgan fingerprint density at radius 1 is 1.53 bits per heavy atom. The van der Waals surface area contributed by atoms with Crippen molar-refractivity contribution >= 4 is 17.2 Å². The van der Waals surface area contributed by atoms with E-state index in [-0.39, 0.29) is 6.10 Å². The van der Waals surface area contributed by atoms with E-state index >= 15 is 0 Å². The summed E-state index contributed by atoms with van der Waals surface area (Å²) in [5.74, 6) is 0.787. The number of aromatic nitrogens is 4. The Kier molecular flexibility index (Phi) is 2.83. The molecule has 0 fully saturated rings. The lowest BCUT2D eigenvalue weighted by Crippen LogP contribution is -2.04. The van der Waals surface area contributed by atoms with E-state index in [0.717, 1.165) is 5.82 Å². The van der Waals surface area contributed by atoms with Gasteiger partial charge in [0.05, 0.1) is 6.10 Å². The highest BCUT2D eigenvalue weighted by atomic mass is 35.5. The summed E-state index contributed by atoms with van der Waals surface area (Å²) >= 11 is 5.72. The highest BCUT2D eigenvalue weighted by molar-refractivity contribution is 6.29. The van der Waals surface area contributed by atoms with E-state index in [9.17, 15) is 5.11 Å². The van der Waals surface area contributed by atoms with Crippen LogP contribution in [0.1, 0.15) is 19.2 Å². The van der Waals surface area contributed by atoms with Crippen LogP contribution in [0.25, 0.3) is 5.65 Å². The van der Waals surface area contributed by atoms with Crippen LogP contribution in [0.4, 0.5) is 0 Å². The second kappa shape index (κ2) is 4.12. The fraction of sp³-hybridized carbons (Fsp3) is 0.444. The molecule has 0 aromatic carbocycles. The number of hydrogen-bond acceptors (Lipinski definition) is 4.